The van der Waals surface area contributed by atoms with Crippen LogP contribution in [0.25, 0.3) is 0 Å². The van der Waals surface area contributed by atoms with Crippen LogP contribution < -0.4 is 25.6 Å². The van der Waals surface area contributed by atoms with E-state index in [9.17, 15) is 17.6 Å². The Labute approximate surface area is 168 Å². The van der Waals surface area contributed by atoms with Crippen LogP contribution in [0.2, 0.25) is 0 Å². The number of benzene rings is 2. The minimum atomic E-state index is -3.92. The summed E-state index contributed by atoms with van der Waals surface area (Å²) >= 11 is 0. The molecule has 10 heteroatoms. The summed E-state index contributed by atoms with van der Waals surface area (Å²) in [4.78, 5) is 12.7. The topological polar surface area (TPSA) is 109 Å². The van der Waals surface area contributed by atoms with Crippen LogP contribution in [0, 0.1) is 11.7 Å². The van der Waals surface area contributed by atoms with Gasteiger partial charge in [-0.25, -0.2) is 18.2 Å². The molecule has 1 aliphatic heterocycles. The maximum Gasteiger partial charge on any atom is 0.250 e. The largest absolute Gasteiger partial charge is 0.497 e. The molecule has 0 spiro atoms. The first-order chi connectivity index (χ1) is 13.8. The van der Waals surface area contributed by atoms with Gasteiger partial charge in [0.15, 0.2) is 5.37 Å². The van der Waals surface area contributed by atoms with E-state index in [1.165, 1.54) is 19.2 Å². The van der Waals surface area contributed by atoms with E-state index in [0.717, 1.165) is 0 Å². The third-order valence-corrected chi connectivity index (χ3v) is 6.29. The van der Waals surface area contributed by atoms with Crippen molar-refractivity contribution in [1.29, 1.82) is 0 Å². The van der Waals surface area contributed by atoms with Gasteiger partial charge in [-0.3, -0.25) is 14.9 Å². The van der Waals surface area contributed by atoms with Gasteiger partial charge < -0.3 is 10.1 Å². The van der Waals surface area contributed by atoms with Crippen LogP contribution in [0.5, 0.6) is 5.75 Å². The van der Waals surface area contributed by atoms with Gasteiger partial charge in [0.05, 0.1) is 13.0 Å². The lowest BCUT2D eigenvalue weighted by Gasteiger charge is -2.21. The summed E-state index contributed by atoms with van der Waals surface area (Å²) in [5.41, 5.74) is 6.58. The Morgan fingerprint density at radius 1 is 1.10 bits per heavy atom. The molecule has 0 aromatic heterocycles. The zero-order valence-corrected chi connectivity index (χ0v) is 16.8. The molecule has 1 fully saturated rings. The molecule has 2 aromatic rings. The van der Waals surface area contributed by atoms with Gasteiger partial charge in [0, 0.05) is 18.3 Å². The van der Waals surface area contributed by atoms with Gasteiger partial charge in [0.1, 0.15) is 11.6 Å². The summed E-state index contributed by atoms with van der Waals surface area (Å²) in [6, 6.07) is 11.7. The number of ether oxygens (including phenoxy) is 1. The van der Waals surface area contributed by atoms with E-state index in [1.807, 2.05) is 0 Å². The number of hydrogen-bond donors (Lipinski definition) is 4. The zero-order valence-electron chi connectivity index (χ0n) is 16.0. The van der Waals surface area contributed by atoms with Crippen LogP contribution in [-0.4, -0.2) is 32.9 Å². The highest BCUT2D eigenvalue weighted by molar-refractivity contribution is 7.93. The lowest BCUT2D eigenvalue weighted by Crippen LogP contribution is -2.47. The Morgan fingerprint density at radius 3 is 2.38 bits per heavy atom. The average Bonchev–Trinajstić information content (AvgIpc) is 3.10. The molecule has 4 N–H and O–H groups in total. The number of carbonyl (C=O) groups excluding carboxylic acids is 1. The molecule has 156 valence electrons. The average molecular weight is 422 g/mol. The molecular weight excluding hydrogens is 399 g/mol. The first-order valence-corrected chi connectivity index (χ1v) is 10.5. The number of carbonyl (C=O) groups is 1. The molecule has 1 heterocycles. The SMILES string of the molecule is COc1ccc(NS(=O)(=O)C2NNC(C)C2C(=O)NCc2ccc(F)cc2)cc1. The molecule has 0 radical (unpaired) electrons. The first kappa shape index (κ1) is 21.0. The van der Waals surface area contributed by atoms with Crippen LogP contribution in [0.3, 0.4) is 0 Å². The Balaban J connectivity index is 1.69. The molecule has 3 unspecified atom stereocenters. The van der Waals surface area contributed by atoms with E-state index in [0.29, 0.717) is 17.0 Å². The Hall–Kier alpha value is -2.69. The highest BCUT2D eigenvalue weighted by Gasteiger charge is 2.45. The fourth-order valence-electron chi connectivity index (χ4n) is 3.09. The van der Waals surface area contributed by atoms with E-state index in [1.54, 1.807) is 43.3 Å². The first-order valence-electron chi connectivity index (χ1n) is 8.99. The van der Waals surface area contributed by atoms with Crippen molar-refractivity contribution in [3.05, 3.63) is 59.9 Å². The molecule has 29 heavy (non-hydrogen) atoms. The number of rotatable bonds is 7. The number of sulfonamides is 1. The maximum absolute atomic E-state index is 13.0. The number of halogens is 1. The number of methoxy groups -OCH3 is 1. The van der Waals surface area contributed by atoms with Crippen molar-refractivity contribution >= 4 is 21.6 Å². The standard InChI is InChI=1S/C19H23FN4O4S/c1-12-17(18(25)21-11-13-3-5-14(20)6-4-13)19(23-22-12)29(26,27)24-15-7-9-16(28-2)10-8-15/h3-10,12,17,19,22-24H,11H2,1-2H3,(H,21,25). The van der Waals surface area contributed by atoms with Gasteiger partial charge in [-0.1, -0.05) is 12.1 Å². The van der Waals surface area contributed by atoms with E-state index < -0.39 is 33.3 Å². The molecule has 0 bridgehead atoms. The lowest BCUT2D eigenvalue weighted by atomic mass is 10.0. The van der Waals surface area contributed by atoms with Gasteiger partial charge in [0.2, 0.25) is 5.91 Å². The van der Waals surface area contributed by atoms with Gasteiger partial charge in [-0.2, -0.15) is 0 Å². The van der Waals surface area contributed by atoms with Crippen molar-refractivity contribution in [1.82, 2.24) is 16.2 Å². The molecule has 0 aliphatic carbocycles. The van der Waals surface area contributed by atoms with Crippen molar-refractivity contribution in [3.8, 4) is 5.75 Å². The number of hydrogen-bond acceptors (Lipinski definition) is 6. The Kier molecular flexibility index (Phi) is 6.36. The van der Waals surface area contributed by atoms with Crippen LogP contribution in [0.15, 0.2) is 48.5 Å². The third kappa shape index (κ3) is 5.03. The summed E-state index contributed by atoms with van der Waals surface area (Å²) in [6.45, 7) is 1.89. The number of anilines is 1. The van der Waals surface area contributed by atoms with E-state index in [4.69, 9.17) is 4.74 Å². The second kappa shape index (κ2) is 8.76. The number of nitrogens with one attached hydrogen (secondary N) is 4. The summed E-state index contributed by atoms with van der Waals surface area (Å²) in [5.74, 6) is -1.07. The smallest absolute Gasteiger partial charge is 0.250 e. The number of amides is 1. The van der Waals surface area contributed by atoms with E-state index >= 15 is 0 Å². The summed E-state index contributed by atoms with van der Waals surface area (Å²) in [7, 11) is -2.41. The van der Waals surface area contributed by atoms with Crippen molar-refractivity contribution in [2.75, 3.05) is 11.8 Å². The van der Waals surface area contributed by atoms with Crippen LogP contribution in [-0.2, 0) is 21.4 Å². The van der Waals surface area contributed by atoms with Crippen LogP contribution in [0.4, 0.5) is 10.1 Å². The second-order valence-electron chi connectivity index (χ2n) is 6.74. The molecule has 1 saturated heterocycles. The molecule has 1 aliphatic rings. The van der Waals surface area contributed by atoms with Crippen LogP contribution in [0.1, 0.15) is 12.5 Å². The van der Waals surface area contributed by atoms with Gasteiger partial charge in [-0.15, -0.1) is 0 Å². The molecule has 1 amide bonds. The highest BCUT2D eigenvalue weighted by Crippen LogP contribution is 2.23. The zero-order chi connectivity index (χ0) is 21.0. The minimum absolute atomic E-state index is 0.168. The third-order valence-electron chi connectivity index (χ3n) is 4.69. The Morgan fingerprint density at radius 2 is 1.76 bits per heavy atom. The van der Waals surface area contributed by atoms with Gasteiger partial charge >= 0.3 is 0 Å². The minimum Gasteiger partial charge on any atom is -0.497 e. The molecule has 3 rings (SSSR count). The molecule has 0 saturated carbocycles. The second-order valence-corrected chi connectivity index (χ2v) is 8.55. The quantitative estimate of drug-likeness (QED) is 0.536. The molecule has 8 nitrogen and oxygen atoms in total. The normalized spacial score (nSPS) is 21.6. The van der Waals surface area contributed by atoms with Crippen LogP contribution >= 0.6 is 0 Å². The summed E-state index contributed by atoms with van der Waals surface area (Å²) in [6.07, 6.45) is 0. The predicted octanol–water partition coefficient (Wildman–Crippen LogP) is 1.33. The van der Waals surface area contributed by atoms with Gasteiger partial charge in [0.25, 0.3) is 10.0 Å². The van der Waals surface area contributed by atoms with Crippen molar-refractivity contribution < 1.29 is 22.3 Å². The van der Waals surface area contributed by atoms with Crippen molar-refractivity contribution in [3.63, 3.8) is 0 Å². The molecular formula is C19H23FN4O4S. The Bertz CT molecular complexity index is 951. The lowest BCUT2D eigenvalue weighted by molar-refractivity contribution is -0.125. The highest BCUT2D eigenvalue weighted by atomic mass is 32.2. The molecule has 2 aromatic carbocycles. The summed E-state index contributed by atoms with van der Waals surface area (Å²) in [5, 5.41) is 1.55. The molecule has 3 atom stereocenters. The fourth-order valence-corrected chi connectivity index (χ4v) is 4.65. The van der Waals surface area contributed by atoms with E-state index in [2.05, 4.69) is 20.9 Å². The fraction of sp³-hybridized carbons (Fsp3) is 0.316. The number of hydrazine groups is 1. The predicted molar refractivity (Wildman–Crippen MR) is 107 cm³/mol. The summed E-state index contributed by atoms with van der Waals surface area (Å²) < 4.78 is 46.3. The monoisotopic (exact) mass is 422 g/mol. The van der Waals surface area contributed by atoms with Crippen molar-refractivity contribution in [2.24, 2.45) is 5.92 Å². The van der Waals surface area contributed by atoms with E-state index in [-0.39, 0.29) is 12.4 Å². The van der Waals surface area contributed by atoms with Gasteiger partial charge in [-0.05, 0) is 48.9 Å². The maximum atomic E-state index is 13.0. The van der Waals surface area contributed by atoms with Crippen molar-refractivity contribution in [2.45, 2.75) is 24.9 Å².